The summed E-state index contributed by atoms with van der Waals surface area (Å²) in [6.45, 7) is 13.3. The topological polar surface area (TPSA) is 21.7 Å². The van der Waals surface area contributed by atoms with Gasteiger partial charge in [0.2, 0.25) is 0 Å². The lowest BCUT2D eigenvalue weighted by molar-refractivity contribution is -0.171. The molecule has 0 N–H and O–H groups in total. The third-order valence-corrected chi connectivity index (χ3v) is 6.38. The highest BCUT2D eigenvalue weighted by atomic mass is 16.7. The van der Waals surface area contributed by atoms with Crippen LogP contribution in [0.4, 0.5) is 0 Å². The zero-order valence-corrected chi connectivity index (χ0v) is 17.5. The smallest absolute Gasteiger partial charge is 0.169 e. The Morgan fingerprint density at radius 2 is 1.41 bits per heavy atom. The molecule has 2 saturated heterocycles. The van der Waals surface area contributed by atoms with E-state index in [1.165, 1.54) is 16.7 Å². The van der Waals surface area contributed by atoms with Gasteiger partial charge in [0.1, 0.15) is 0 Å². The van der Waals surface area contributed by atoms with Crippen LogP contribution in [-0.2, 0) is 16.0 Å². The lowest BCUT2D eigenvalue weighted by Gasteiger charge is -2.32. The molecule has 0 unspecified atom stereocenters. The van der Waals surface area contributed by atoms with Crippen molar-refractivity contribution >= 4 is 0 Å². The highest BCUT2D eigenvalue weighted by Gasteiger charge is 2.38. The first kappa shape index (κ1) is 20.3. The molecule has 0 atom stereocenters. The molecule has 0 bridgehead atoms. The van der Waals surface area contributed by atoms with Crippen LogP contribution in [0.2, 0.25) is 0 Å². The Kier molecular flexibility index (Phi) is 6.49. The van der Waals surface area contributed by atoms with Crippen molar-refractivity contribution in [1.82, 2.24) is 4.90 Å². The van der Waals surface area contributed by atoms with Crippen molar-refractivity contribution in [2.24, 2.45) is 0 Å². The van der Waals surface area contributed by atoms with Gasteiger partial charge in [-0.25, -0.2) is 0 Å². The van der Waals surface area contributed by atoms with Gasteiger partial charge in [-0.2, -0.15) is 0 Å². The summed E-state index contributed by atoms with van der Waals surface area (Å²) in [5.74, 6) is -0.300. The lowest BCUT2D eigenvalue weighted by atomic mass is 9.88. The fourth-order valence-electron chi connectivity index (χ4n) is 4.54. The highest BCUT2D eigenvalue weighted by molar-refractivity contribution is 5.45. The first-order valence-electron chi connectivity index (χ1n) is 10.9. The largest absolute Gasteiger partial charge is 0.348 e. The molecule has 29 heavy (non-hydrogen) atoms. The molecule has 4 rings (SSSR count). The predicted octanol–water partition coefficient (Wildman–Crippen LogP) is 5.56. The van der Waals surface area contributed by atoms with Crippen molar-refractivity contribution in [3.8, 4) is 0 Å². The van der Waals surface area contributed by atoms with Crippen LogP contribution in [0.5, 0.6) is 0 Å². The van der Waals surface area contributed by atoms with Crippen molar-refractivity contribution in [2.45, 2.75) is 50.9 Å². The Morgan fingerprint density at radius 3 is 2.00 bits per heavy atom. The number of piperidine rings is 1. The summed E-state index contributed by atoms with van der Waals surface area (Å²) in [5.41, 5.74) is 6.43. The van der Waals surface area contributed by atoms with E-state index >= 15 is 0 Å². The second-order valence-electron chi connectivity index (χ2n) is 8.53. The molecule has 1 aromatic rings. The molecule has 0 amide bonds. The SMILES string of the molecule is C=C(C=C1CCN(Cc2ccccc2)CC1)C(=C)C=C1CCC2(CC1)OCCO2. The molecule has 1 saturated carbocycles. The minimum absolute atomic E-state index is 0.300. The van der Waals surface area contributed by atoms with Gasteiger partial charge in [0.25, 0.3) is 0 Å². The summed E-state index contributed by atoms with van der Waals surface area (Å²) >= 11 is 0. The fourth-order valence-corrected chi connectivity index (χ4v) is 4.54. The first-order chi connectivity index (χ1) is 14.1. The number of ether oxygens (including phenoxy) is 2. The molecule has 1 aromatic carbocycles. The third kappa shape index (κ3) is 5.36. The summed E-state index contributed by atoms with van der Waals surface area (Å²) in [6.07, 6.45) is 10.7. The van der Waals surface area contributed by atoms with Crippen LogP contribution in [0.15, 0.2) is 77.9 Å². The Balaban J connectivity index is 1.25. The van der Waals surface area contributed by atoms with Gasteiger partial charge in [-0.3, -0.25) is 4.90 Å². The zero-order chi connectivity index (χ0) is 20.1. The number of nitrogens with zero attached hydrogens (tertiary/aromatic N) is 1. The lowest BCUT2D eigenvalue weighted by Crippen LogP contribution is -2.33. The number of allylic oxidation sites excluding steroid dienone is 5. The van der Waals surface area contributed by atoms with E-state index in [-0.39, 0.29) is 5.79 Å². The predicted molar refractivity (Wildman–Crippen MR) is 119 cm³/mol. The molecule has 2 heterocycles. The van der Waals surface area contributed by atoms with Gasteiger partial charge in [-0.15, -0.1) is 0 Å². The maximum Gasteiger partial charge on any atom is 0.169 e. The maximum atomic E-state index is 5.83. The average Bonchev–Trinajstić information content (AvgIpc) is 3.20. The van der Waals surface area contributed by atoms with Crippen LogP contribution in [0, 0.1) is 0 Å². The van der Waals surface area contributed by atoms with E-state index in [4.69, 9.17) is 9.47 Å². The van der Waals surface area contributed by atoms with E-state index in [1.807, 2.05) is 0 Å². The van der Waals surface area contributed by atoms with E-state index in [0.29, 0.717) is 0 Å². The molecule has 154 valence electrons. The minimum atomic E-state index is -0.300. The average molecular weight is 392 g/mol. The number of rotatable bonds is 5. The number of hydrogen-bond acceptors (Lipinski definition) is 3. The van der Waals surface area contributed by atoms with Crippen LogP contribution in [0.25, 0.3) is 0 Å². The highest BCUT2D eigenvalue weighted by Crippen LogP contribution is 2.38. The number of hydrogen-bond donors (Lipinski definition) is 0. The molecule has 3 aliphatic rings. The van der Waals surface area contributed by atoms with Gasteiger partial charge in [0.05, 0.1) is 13.2 Å². The third-order valence-electron chi connectivity index (χ3n) is 6.38. The Hall–Kier alpha value is -1.94. The van der Waals surface area contributed by atoms with Crippen molar-refractivity contribution in [3.05, 3.63) is 83.5 Å². The quantitative estimate of drug-likeness (QED) is 0.613. The zero-order valence-electron chi connectivity index (χ0n) is 17.5. The summed E-state index contributed by atoms with van der Waals surface area (Å²) in [6, 6.07) is 10.7. The van der Waals surface area contributed by atoms with Crippen LogP contribution < -0.4 is 0 Å². The van der Waals surface area contributed by atoms with Crippen molar-refractivity contribution in [3.63, 3.8) is 0 Å². The molecule has 2 aliphatic heterocycles. The summed E-state index contributed by atoms with van der Waals surface area (Å²) in [7, 11) is 0. The van der Waals surface area contributed by atoms with E-state index in [9.17, 15) is 0 Å². The van der Waals surface area contributed by atoms with Crippen molar-refractivity contribution in [1.29, 1.82) is 0 Å². The van der Waals surface area contributed by atoms with Gasteiger partial charge < -0.3 is 9.47 Å². The van der Waals surface area contributed by atoms with Gasteiger partial charge in [-0.1, -0.05) is 66.8 Å². The Morgan fingerprint density at radius 1 is 0.862 bits per heavy atom. The van der Waals surface area contributed by atoms with Crippen LogP contribution in [-0.4, -0.2) is 37.0 Å². The summed E-state index contributed by atoms with van der Waals surface area (Å²) in [5, 5.41) is 0. The van der Waals surface area contributed by atoms with Crippen LogP contribution in [0.3, 0.4) is 0 Å². The standard InChI is InChI=1S/C26H33NO2/c1-21(18-23-8-12-26(13-9-23)28-16-17-29-26)22(2)19-24-10-14-27(15-11-24)20-25-6-4-3-5-7-25/h3-7,18-19H,1-2,8-17,20H2. The molecule has 3 fully saturated rings. The normalized spacial score (nSPS) is 21.9. The molecular weight excluding hydrogens is 358 g/mol. The maximum absolute atomic E-state index is 5.83. The minimum Gasteiger partial charge on any atom is -0.348 e. The molecule has 3 nitrogen and oxygen atoms in total. The number of benzene rings is 1. The molecule has 3 heteroatoms. The summed E-state index contributed by atoms with van der Waals surface area (Å²) < 4.78 is 11.7. The van der Waals surface area contributed by atoms with Crippen LogP contribution >= 0.6 is 0 Å². The van der Waals surface area contributed by atoms with Crippen LogP contribution in [0.1, 0.15) is 44.1 Å². The molecule has 1 spiro atoms. The molecule has 1 aliphatic carbocycles. The fraction of sp³-hybridized carbons (Fsp3) is 0.462. The summed E-state index contributed by atoms with van der Waals surface area (Å²) in [4.78, 5) is 2.54. The molecule has 0 radical (unpaired) electrons. The monoisotopic (exact) mass is 391 g/mol. The second-order valence-corrected chi connectivity index (χ2v) is 8.53. The molecular formula is C26H33NO2. The van der Waals surface area contributed by atoms with E-state index in [0.717, 1.165) is 82.5 Å². The van der Waals surface area contributed by atoms with Crippen molar-refractivity contribution < 1.29 is 9.47 Å². The van der Waals surface area contributed by atoms with Gasteiger partial charge in [-0.05, 0) is 42.4 Å². The van der Waals surface area contributed by atoms with Gasteiger partial charge in [0.15, 0.2) is 5.79 Å². The number of likely N-dealkylation sites (tertiary alicyclic amines) is 1. The van der Waals surface area contributed by atoms with Gasteiger partial charge >= 0.3 is 0 Å². The van der Waals surface area contributed by atoms with E-state index < -0.39 is 0 Å². The van der Waals surface area contributed by atoms with E-state index in [1.54, 1.807) is 0 Å². The Bertz CT molecular complexity index is 777. The second kappa shape index (κ2) is 9.25. The van der Waals surface area contributed by atoms with Crippen molar-refractivity contribution in [2.75, 3.05) is 26.3 Å². The van der Waals surface area contributed by atoms with E-state index in [2.05, 4.69) is 60.5 Å². The Labute approximate surface area is 175 Å². The van der Waals surface area contributed by atoms with Gasteiger partial charge in [0, 0.05) is 32.5 Å². The first-order valence-corrected chi connectivity index (χ1v) is 10.9. The molecule has 0 aromatic heterocycles.